The number of aliphatic hydroxyl groups is 1. The van der Waals surface area contributed by atoms with Gasteiger partial charge in [0, 0.05) is 31.0 Å². The highest BCUT2D eigenvalue weighted by Gasteiger charge is 2.37. The number of carbonyl (C=O) groups is 1. The van der Waals surface area contributed by atoms with Crippen LogP contribution >= 0.6 is 0 Å². The zero-order valence-electron chi connectivity index (χ0n) is 13.1. The van der Waals surface area contributed by atoms with Crippen molar-refractivity contribution in [2.75, 3.05) is 13.2 Å². The number of aryl methyl sites for hydroxylation is 1. The lowest BCUT2D eigenvalue weighted by atomic mass is 10.0. The molecular weight excluding hydrogens is 311 g/mol. The monoisotopic (exact) mass is 333 g/mol. The van der Waals surface area contributed by atoms with Gasteiger partial charge >= 0.3 is 6.18 Å². The molecule has 1 aromatic heterocycles. The SMILES string of the molecule is CC1CCCCN1C(=O)Cn1cc(CCCO)c(C(F)(F)F)n1. The molecule has 1 atom stereocenters. The summed E-state index contributed by atoms with van der Waals surface area (Å²) in [5, 5.41) is 12.4. The number of aliphatic hydroxyl groups excluding tert-OH is 1. The van der Waals surface area contributed by atoms with Crippen molar-refractivity contribution < 1.29 is 23.1 Å². The van der Waals surface area contributed by atoms with E-state index in [1.165, 1.54) is 6.20 Å². The van der Waals surface area contributed by atoms with Gasteiger partial charge < -0.3 is 10.0 Å². The summed E-state index contributed by atoms with van der Waals surface area (Å²) < 4.78 is 40.1. The van der Waals surface area contributed by atoms with E-state index in [9.17, 15) is 18.0 Å². The van der Waals surface area contributed by atoms with Crippen LogP contribution in [0.4, 0.5) is 13.2 Å². The minimum atomic E-state index is -4.56. The van der Waals surface area contributed by atoms with Crippen LogP contribution in [0.2, 0.25) is 0 Å². The van der Waals surface area contributed by atoms with Crippen molar-refractivity contribution in [3.05, 3.63) is 17.5 Å². The average Bonchev–Trinajstić information content (AvgIpc) is 2.88. The van der Waals surface area contributed by atoms with Crippen LogP contribution in [0.1, 0.15) is 43.9 Å². The van der Waals surface area contributed by atoms with Crippen LogP contribution in [0.15, 0.2) is 6.20 Å². The molecule has 23 heavy (non-hydrogen) atoms. The van der Waals surface area contributed by atoms with Gasteiger partial charge in [0.15, 0.2) is 5.69 Å². The molecule has 1 fully saturated rings. The average molecular weight is 333 g/mol. The first kappa shape index (κ1) is 17.8. The van der Waals surface area contributed by atoms with E-state index in [0.29, 0.717) is 6.54 Å². The minimum Gasteiger partial charge on any atom is -0.396 e. The van der Waals surface area contributed by atoms with Crippen LogP contribution in [0.3, 0.4) is 0 Å². The third-order valence-corrected chi connectivity index (χ3v) is 4.13. The van der Waals surface area contributed by atoms with E-state index in [0.717, 1.165) is 23.9 Å². The van der Waals surface area contributed by atoms with Crippen molar-refractivity contribution in [2.24, 2.45) is 0 Å². The second-order valence-electron chi connectivity index (χ2n) is 5.96. The molecule has 0 aromatic carbocycles. The van der Waals surface area contributed by atoms with Crippen LogP contribution in [0.25, 0.3) is 0 Å². The van der Waals surface area contributed by atoms with Crippen molar-refractivity contribution in [1.82, 2.24) is 14.7 Å². The Morgan fingerprint density at radius 3 is 2.78 bits per heavy atom. The highest BCUT2D eigenvalue weighted by Crippen LogP contribution is 2.31. The summed E-state index contributed by atoms with van der Waals surface area (Å²) in [6.45, 7) is 2.22. The lowest BCUT2D eigenvalue weighted by Crippen LogP contribution is -2.43. The number of carbonyl (C=O) groups excluding carboxylic acids is 1. The Morgan fingerprint density at radius 2 is 2.17 bits per heavy atom. The molecule has 0 radical (unpaired) electrons. The molecule has 1 aromatic rings. The summed E-state index contributed by atoms with van der Waals surface area (Å²) in [7, 11) is 0. The largest absolute Gasteiger partial charge is 0.435 e. The van der Waals surface area contributed by atoms with Gasteiger partial charge in [-0.25, -0.2) is 0 Å². The quantitative estimate of drug-likeness (QED) is 0.899. The summed E-state index contributed by atoms with van der Waals surface area (Å²) in [5.74, 6) is -0.206. The Labute approximate surface area is 133 Å². The molecule has 1 unspecified atom stereocenters. The van der Waals surface area contributed by atoms with Crippen molar-refractivity contribution >= 4 is 5.91 Å². The molecule has 0 aliphatic carbocycles. The van der Waals surface area contributed by atoms with Gasteiger partial charge in [0.05, 0.1) is 0 Å². The highest BCUT2D eigenvalue weighted by atomic mass is 19.4. The number of aromatic nitrogens is 2. The zero-order chi connectivity index (χ0) is 17.0. The third kappa shape index (κ3) is 4.46. The first-order valence-electron chi connectivity index (χ1n) is 7.86. The fourth-order valence-electron chi connectivity index (χ4n) is 2.93. The zero-order valence-corrected chi connectivity index (χ0v) is 13.1. The summed E-state index contributed by atoms with van der Waals surface area (Å²) in [6.07, 6.45) is -0.0740. The van der Waals surface area contributed by atoms with Crippen molar-refractivity contribution in [3.8, 4) is 0 Å². The van der Waals surface area contributed by atoms with Gasteiger partial charge in [-0.2, -0.15) is 18.3 Å². The predicted octanol–water partition coefficient (Wildman–Crippen LogP) is 2.23. The summed E-state index contributed by atoms with van der Waals surface area (Å²) in [5.41, 5.74) is -0.948. The lowest BCUT2D eigenvalue weighted by Gasteiger charge is -2.33. The Kier molecular flexibility index (Phi) is 5.67. The first-order chi connectivity index (χ1) is 10.8. The number of hydrogen-bond acceptors (Lipinski definition) is 3. The number of alkyl halides is 3. The molecule has 1 aliphatic heterocycles. The molecule has 0 spiro atoms. The molecule has 1 amide bonds. The Hall–Kier alpha value is -1.57. The van der Waals surface area contributed by atoms with E-state index in [-0.39, 0.29) is 43.5 Å². The first-order valence-corrected chi connectivity index (χ1v) is 7.86. The third-order valence-electron chi connectivity index (χ3n) is 4.13. The molecular formula is C15H22F3N3O2. The van der Waals surface area contributed by atoms with Gasteiger partial charge in [0.25, 0.3) is 0 Å². The number of piperidine rings is 1. The molecule has 2 rings (SSSR count). The fourth-order valence-corrected chi connectivity index (χ4v) is 2.93. The Balaban J connectivity index is 2.13. The van der Waals surface area contributed by atoms with Gasteiger partial charge in [-0.3, -0.25) is 9.48 Å². The van der Waals surface area contributed by atoms with Gasteiger partial charge in [0.1, 0.15) is 6.54 Å². The fraction of sp³-hybridized carbons (Fsp3) is 0.733. The highest BCUT2D eigenvalue weighted by molar-refractivity contribution is 5.76. The van der Waals surface area contributed by atoms with Crippen molar-refractivity contribution in [3.63, 3.8) is 0 Å². The summed E-state index contributed by atoms with van der Waals surface area (Å²) in [4.78, 5) is 14.0. The molecule has 130 valence electrons. The number of nitrogens with zero attached hydrogens (tertiary/aromatic N) is 3. The van der Waals surface area contributed by atoms with Gasteiger partial charge in [-0.15, -0.1) is 0 Å². The maximum atomic E-state index is 13.0. The smallest absolute Gasteiger partial charge is 0.396 e. The van der Waals surface area contributed by atoms with Crippen molar-refractivity contribution in [2.45, 2.75) is 57.8 Å². The van der Waals surface area contributed by atoms with Gasteiger partial charge in [-0.1, -0.05) is 0 Å². The topological polar surface area (TPSA) is 58.4 Å². The van der Waals surface area contributed by atoms with Crippen LogP contribution in [-0.2, 0) is 23.9 Å². The number of rotatable bonds is 5. The van der Waals surface area contributed by atoms with E-state index in [4.69, 9.17) is 5.11 Å². The molecule has 1 N–H and O–H groups in total. The van der Waals surface area contributed by atoms with Crippen LogP contribution in [-0.4, -0.2) is 44.9 Å². The van der Waals surface area contributed by atoms with Crippen LogP contribution < -0.4 is 0 Å². The predicted molar refractivity (Wildman–Crippen MR) is 77.7 cm³/mol. The Morgan fingerprint density at radius 1 is 1.43 bits per heavy atom. The molecule has 5 nitrogen and oxygen atoms in total. The maximum Gasteiger partial charge on any atom is 0.435 e. The van der Waals surface area contributed by atoms with Gasteiger partial charge in [-0.05, 0) is 39.0 Å². The number of halogens is 3. The van der Waals surface area contributed by atoms with E-state index in [1.807, 2.05) is 6.92 Å². The maximum absolute atomic E-state index is 13.0. The number of amides is 1. The van der Waals surface area contributed by atoms with Crippen LogP contribution in [0, 0.1) is 0 Å². The van der Waals surface area contributed by atoms with E-state index >= 15 is 0 Å². The molecule has 1 saturated heterocycles. The molecule has 8 heteroatoms. The lowest BCUT2D eigenvalue weighted by molar-refractivity contribution is -0.143. The summed E-state index contributed by atoms with van der Waals surface area (Å²) in [6, 6.07) is 0.114. The summed E-state index contributed by atoms with van der Waals surface area (Å²) >= 11 is 0. The molecule has 1 aliphatic rings. The van der Waals surface area contributed by atoms with E-state index < -0.39 is 11.9 Å². The van der Waals surface area contributed by atoms with Gasteiger partial charge in [0.2, 0.25) is 5.91 Å². The van der Waals surface area contributed by atoms with E-state index in [1.54, 1.807) is 4.90 Å². The van der Waals surface area contributed by atoms with Crippen molar-refractivity contribution in [1.29, 1.82) is 0 Å². The normalized spacial score (nSPS) is 19.2. The van der Waals surface area contributed by atoms with E-state index in [2.05, 4.69) is 5.10 Å². The minimum absolute atomic E-state index is 0.0195. The standard InChI is InChI=1S/C15H22F3N3O2/c1-11-5-2-3-7-21(11)13(23)10-20-9-12(6-4-8-22)14(19-20)15(16,17)18/h9,11,22H,2-8,10H2,1H3. The molecule has 2 heterocycles. The van der Waals surface area contributed by atoms with Crippen LogP contribution in [0.5, 0.6) is 0 Å². The molecule has 0 saturated carbocycles. The number of hydrogen-bond donors (Lipinski definition) is 1. The second-order valence-corrected chi connectivity index (χ2v) is 5.96. The number of likely N-dealkylation sites (tertiary alicyclic amines) is 1. The molecule has 0 bridgehead atoms. The second kappa shape index (κ2) is 7.33. The Bertz CT molecular complexity index is 543.